The summed E-state index contributed by atoms with van der Waals surface area (Å²) in [6.07, 6.45) is 16.6. The van der Waals surface area contributed by atoms with Gasteiger partial charge in [0, 0.05) is 52.2 Å². The molecule has 0 saturated heterocycles. The average Bonchev–Trinajstić information content (AvgIpc) is 1.64. The Bertz CT molecular complexity index is 3170. The molecule has 9 fully saturated rings. The van der Waals surface area contributed by atoms with E-state index in [0.29, 0.717) is 57.3 Å². The van der Waals surface area contributed by atoms with Gasteiger partial charge in [-0.05, 0) is 227 Å². The van der Waals surface area contributed by atoms with Crippen LogP contribution in [0.2, 0.25) is 0 Å². The van der Waals surface area contributed by atoms with E-state index in [2.05, 4.69) is 78.7 Å². The quantitative estimate of drug-likeness (QED) is 0.0740. The number of benzene rings is 3. The van der Waals surface area contributed by atoms with Gasteiger partial charge in [-0.25, -0.2) is 4.79 Å². The molecule has 13 aliphatic carbocycles. The van der Waals surface area contributed by atoms with Gasteiger partial charge in [-0.15, -0.1) is 0 Å². The van der Waals surface area contributed by atoms with Crippen molar-refractivity contribution < 1.29 is 45.0 Å². The van der Waals surface area contributed by atoms with E-state index >= 15 is 15.0 Å². The molecule has 0 aromatic heterocycles. The smallest absolute Gasteiger partial charge is 0.331 e. The van der Waals surface area contributed by atoms with E-state index in [1.165, 1.54) is 35.1 Å². The zero-order valence-corrected chi connectivity index (χ0v) is 49.3. The number of aliphatic hydroxyl groups is 6. The number of ether oxygens (including phenoxy) is 1. The molecule has 10 nitrogen and oxygen atoms in total. The summed E-state index contributed by atoms with van der Waals surface area (Å²) in [4.78, 5) is 29.7. The van der Waals surface area contributed by atoms with E-state index in [9.17, 15) is 25.2 Å². The summed E-state index contributed by atoms with van der Waals surface area (Å²) >= 11 is 0. The summed E-state index contributed by atoms with van der Waals surface area (Å²) in [5, 5.41) is 87.7. The number of aliphatic hydroxyl groups excluding tert-OH is 3. The number of aryl methyl sites for hydroxylation is 1. The molecule has 17 rings (SSSR count). The van der Waals surface area contributed by atoms with E-state index < -0.39 is 86.4 Å². The van der Waals surface area contributed by atoms with Crippen LogP contribution >= 0.6 is 0 Å². The third-order valence-electron chi connectivity index (χ3n) is 27.3. The predicted octanol–water partition coefficient (Wildman–Crippen LogP) is 9.70. The fraction of sp³-hybridized carbons (Fsp3) is 0.671. The molecule has 1 aliphatic heterocycles. The second-order valence-electron chi connectivity index (χ2n) is 30.6. The van der Waals surface area contributed by atoms with Crippen molar-refractivity contribution in [3.8, 4) is 11.8 Å². The van der Waals surface area contributed by atoms with Crippen LogP contribution in [0.3, 0.4) is 0 Å². The minimum atomic E-state index is -2.28. The molecule has 3 spiro atoms. The summed E-state index contributed by atoms with van der Waals surface area (Å²) in [6.45, 7) is 2.21. The lowest BCUT2D eigenvalue weighted by atomic mass is 9.32. The van der Waals surface area contributed by atoms with Gasteiger partial charge in [-0.2, -0.15) is 0 Å². The number of hydrogen-bond donors (Lipinski definition) is 7. The van der Waals surface area contributed by atoms with Crippen LogP contribution in [0.15, 0.2) is 78.4 Å². The summed E-state index contributed by atoms with van der Waals surface area (Å²) in [5.74, 6) is 5.18. The van der Waals surface area contributed by atoms with Crippen LogP contribution < -0.4 is 5.32 Å². The topological polar surface area (TPSA) is 177 Å². The van der Waals surface area contributed by atoms with Gasteiger partial charge < -0.3 is 45.5 Å². The standard InChI is InChI=1S/C73H91NO9/c1-43(50-12-3-4-13-50)52-18-19-58-65(78)68-26-21-45(37-68)17-16-44-8-5-9-46(28-44)29-47-10-6-11-48(30-47)31-49-20-24-67(36-49)25-22-51-14-7-15-53(39-75)55(51)34-60(74-2)56-32-54-38-71(80)69(40-67,63(54)57-35-62(77)83-64(56)57)27-23-61-70(41-68,42-76)72(58,81)59(33-52)66(79)73(61,71)82/h5-11,14-15,28,30,35,42-43,45,49-50,52,54,56,58-61,63-66,74-75,78-82H,3-4,12-13,16-21,23-24,26-27,29,31-34,36-41H2,1-2H3/t43-,45+,49+,52+,54-,56+,58-,59+,60+,61+,63+,64-,65+,66+,67-,68-,69-,70-,71+,72+,73-/m0/s1. The Morgan fingerprint density at radius 1 is 0.759 bits per heavy atom. The zero-order valence-electron chi connectivity index (χ0n) is 49.3. The lowest BCUT2D eigenvalue weighted by Gasteiger charge is -2.75. The summed E-state index contributed by atoms with van der Waals surface area (Å²) in [5.41, 5.74) is -1.62. The molecule has 3 aromatic rings. The monoisotopic (exact) mass is 1130 g/mol. The third kappa shape index (κ3) is 7.91. The van der Waals surface area contributed by atoms with E-state index in [1.54, 1.807) is 6.08 Å². The van der Waals surface area contributed by atoms with Crippen molar-refractivity contribution in [1.82, 2.24) is 5.32 Å². The fourth-order valence-electron chi connectivity index (χ4n) is 23.9. The molecule has 83 heavy (non-hydrogen) atoms. The molecule has 0 unspecified atom stereocenters. The normalized spacial score (nSPS) is 46.1. The molecular weight excluding hydrogens is 1030 g/mol. The third-order valence-corrected chi connectivity index (χ3v) is 27.3. The number of fused-ring (bicyclic) bond motifs is 3. The Labute approximate surface area is 492 Å². The minimum absolute atomic E-state index is 0.0642. The molecule has 21 atom stereocenters. The van der Waals surface area contributed by atoms with Crippen LogP contribution in [0.1, 0.15) is 174 Å². The van der Waals surface area contributed by atoms with Crippen molar-refractivity contribution in [3.63, 3.8) is 0 Å². The number of rotatable bonds is 5. The van der Waals surface area contributed by atoms with Gasteiger partial charge >= 0.3 is 5.97 Å². The first-order chi connectivity index (χ1) is 40.0. The number of likely N-dealkylation sites (N-methyl/N-ethyl adjacent to an activating group) is 1. The van der Waals surface area contributed by atoms with E-state index in [0.717, 1.165) is 99.2 Å². The number of esters is 1. The fourth-order valence-corrected chi connectivity index (χ4v) is 23.9. The Morgan fingerprint density at radius 3 is 2.30 bits per heavy atom. The second kappa shape index (κ2) is 19.9. The van der Waals surface area contributed by atoms with E-state index in [1.807, 2.05) is 19.2 Å². The molecule has 7 N–H and O–H groups in total. The summed E-state index contributed by atoms with van der Waals surface area (Å²) < 4.78 is 6.54. The van der Waals surface area contributed by atoms with Crippen LogP contribution in [0.5, 0.6) is 0 Å². The molecule has 14 aliphatic rings. The average molecular weight is 1130 g/mol. The number of nitrogens with one attached hydrogen (secondary N) is 1. The zero-order chi connectivity index (χ0) is 57.1. The Kier molecular flexibility index (Phi) is 13.3. The van der Waals surface area contributed by atoms with Crippen molar-refractivity contribution in [2.45, 2.75) is 209 Å². The van der Waals surface area contributed by atoms with Crippen molar-refractivity contribution in [3.05, 3.63) is 117 Å². The first kappa shape index (κ1) is 55.4. The number of hydrogen-bond acceptors (Lipinski definition) is 10. The lowest BCUT2D eigenvalue weighted by Crippen LogP contribution is -2.86. The first-order valence-corrected chi connectivity index (χ1v) is 33.0. The molecule has 15 bridgehead atoms. The molecular formula is C73H91NO9. The Balaban J connectivity index is 0.960. The van der Waals surface area contributed by atoms with Gasteiger partial charge in [0.2, 0.25) is 0 Å². The van der Waals surface area contributed by atoms with Gasteiger partial charge in [-0.1, -0.05) is 105 Å². The Morgan fingerprint density at radius 2 is 1.52 bits per heavy atom. The SMILES string of the molecule is CN[C@@H]1Cc2c(cccc2CO)C#C[C@]23CC[C@H](Cc4cccc(c4)Cc4cccc(c4)CC[C@@H]4CC[C@]5(C4)C[C@]4(C=O)[C@H]6CC[C@]7(C2)[C@H]2C8=CC(=O)O[C@H]8[C@@H]1C[C@H]2C[C@]7(O)[C@@]6(O)[C@H](O)[C@H]1C[C@H]([C@@H](C)C2CCCC2)CC[C@@H]([C@H]5O)[C@@]14O)C3. The van der Waals surface area contributed by atoms with Crippen LogP contribution in [-0.4, -0.2) is 91.1 Å². The highest BCUT2D eigenvalue weighted by Crippen LogP contribution is 2.80. The van der Waals surface area contributed by atoms with Gasteiger partial charge in [0.05, 0.1) is 29.8 Å². The highest BCUT2D eigenvalue weighted by molar-refractivity contribution is 5.86. The van der Waals surface area contributed by atoms with Crippen LogP contribution in [0.4, 0.5) is 0 Å². The van der Waals surface area contributed by atoms with E-state index in [4.69, 9.17) is 4.74 Å². The highest BCUT2D eigenvalue weighted by Gasteiger charge is 2.87. The lowest BCUT2D eigenvalue weighted by molar-refractivity contribution is -0.385. The van der Waals surface area contributed by atoms with Gasteiger partial charge in [0.1, 0.15) is 23.6 Å². The molecule has 1 heterocycles. The Hall–Kier alpha value is -4.18. The summed E-state index contributed by atoms with van der Waals surface area (Å²) in [7, 11) is 1.95. The van der Waals surface area contributed by atoms with Crippen LogP contribution in [0, 0.1) is 98.6 Å². The maximum Gasteiger partial charge on any atom is 0.331 e. The predicted molar refractivity (Wildman–Crippen MR) is 316 cm³/mol. The van der Waals surface area contributed by atoms with Crippen molar-refractivity contribution >= 4 is 12.3 Å². The molecule has 442 valence electrons. The van der Waals surface area contributed by atoms with Gasteiger partial charge in [0.25, 0.3) is 0 Å². The second-order valence-corrected chi connectivity index (χ2v) is 30.6. The maximum absolute atomic E-state index is 15.5. The molecule has 9 saturated carbocycles. The van der Waals surface area contributed by atoms with Crippen molar-refractivity contribution in [2.75, 3.05) is 7.05 Å². The first-order valence-electron chi connectivity index (χ1n) is 33.0. The number of aldehydes is 1. The maximum atomic E-state index is 15.5. The van der Waals surface area contributed by atoms with E-state index in [-0.39, 0.29) is 67.4 Å². The van der Waals surface area contributed by atoms with Crippen LogP contribution in [0.25, 0.3) is 0 Å². The van der Waals surface area contributed by atoms with Crippen molar-refractivity contribution in [1.29, 1.82) is 0 Å². The van der Waals surface area contributed by atoms with Gasteiger partial charge in [0.15, 0.2) is 0 Å². The molecule has 0 radical (unpaired) electrons. The summed E-state index contributed by atoms with van der Waals surface area (Å²) in [6, 6.07) is 24.0. The van der Waals surface area contributed by atoms with Crippen molar-refractivity contribution in [2.24, 2.45) is 86.8 Å². The number of carbonyl (C=O) groups is 2. The highest BCUT2D eigenvalue weighted by atomic mass is 16.5. The van der Waals surface area contributed by atoms with Gasteiger partial charge in [-0.3, -0.25) is 0 Å². The minimum Gasteiger partial charge on any atom is -0.454 e. The molecule has 10 heteroatoms. The van der Waals surface area contributed by atoms with Crippen LogP contribution in [-0.2, 0) is 46.6 Å². The number of carbonyl (C=O) groups excluding carboxylic acids is 2. The molecule has 0 amide bonds. The molecule has 3 aromatic carbocycles. The largest absolute Gasteiger partial charge is 0.454 e.